The second kappa shape index (κ2) is 6.30. The molecule has 2 amide bonds. The van der Waals surface area contributed by atoms with E-state index in [2.05, 4.69) is 20.2 Å². The van der Waals surface area contributed by atoms with E-state index in [0.29, 0.717) is 13.1 Å². The number of para-hydroxylation sites is 2. The van der Waals surface area contributed by atoms with E-state index in [4.69, 9.17) is 0 Å². The summed E-state index contributed by atoms with van der Waals surface area (Å²) in [6.45, 7) is 3.03. The maximum Gasteiger partial charge on any atom is 0.315 e. The van der Waals surface area contributed by atoms with E-state index < -0.39 is 0 Å². The molecule has 0 saturated carbocycles. The standard InChI is InChI=1S/C17H18N4O/c1-2-18-17(22)19-11-13-7-9-14(10-8-13)21-12-20-15-5-3-4-6-16(15)21/h3-10,12H,2,11H2,1H3,(H2,18,19,22). The van der Waals surface area contributed by atoms with Gasteiger partial charge in [0.2, 0.25) is 0 Å². The Morgan fingerprint density at radius 1 is 1.09 bits per heavy atom. The summed E-state index contributed by atoms with van der Waals surface area (Å²) in [4.78, 5) is 15.8. The zero-order valence-electron chi connectivity index (χ0n) is 12.4. The van der Waals surface area contributed by atoms with Crippen LogP contribution >= 0.6 is 0 Å². The smallest absolute Gasteiger partial charge is 0.315 e. The molecule has 3 rings (SSSR count). The van der Waals surface area contributed by atoms with Gasteiger partial charge in [-0.25, -0.2) is 9.78 Å². The number of benzene rings is 2. The lowest BCUT2D eigenvalue weighted by molar-refractivity contribution is 0.241. The van der Waals surface area contributed by atoms with E-state index in [1.165, 1.54) is 0 Å². The predicted octanol–water partition coefficient (Wildman–Crippen LogP) is 2.84. The fourth-order valence-electron chi connectivity index (χ4n) is 2.34. The van der Waals surface area contributed by atoms with E-state index in [0.717, 1.165) is 22.3 Å². The maximum absolute atomic E-state index is 11.4. The molecule has 2 N–H and O–H groups in total. The predicted molar refractivity (Wildman–Crippen MR) is 87.0 cm³/mol. The molecule has 0 atom stereocenters. The van der Waals surface area contributed by atoms with Gasteiger partial charge in [0, 0.05) is 18.8 Å². The van der Waals surface area contributed by atoms with Crippen LogP contribution in [0, 0.1) is 0 Å². The highest BCUT2D eigenvalue weighted by atomic mass is 16.2. The van der Waals surface area contributed by atoms with Crippen molar-refractivity contribution in [3.8, 4) is 5.69 Å². The Morgan fingerprint density at radius 2 is 1.86 bits per heavy atom. The van der Waals surface area contributed by atoms with E-state index in [9.17, 15) is 4.79 Å². The van der Waals surface area contributed by atoms with Crippen molar-refractivity contribution in [2.24, 2.45) is 0 Å². The molecule has 0 radical (unpaired) electrons. The zero-order valence-corrected chi connectivity index (χ0v) is 12.4. The van der Waals surface area contributed by atoms with Crippen LogP contribution in [0.4, 0.5) is 4.79 Å². The van der Waals surface area contributed by atoms with Crippen LogP contribution in [0.2, 0.25) is 0 Å². The van der Waals surface area contributed by atoms with E-state index >= 15 is 0 Å². The Labute approximate surface area is 129 Å². The molecule has 1 heterocycles. The van der Waals surface area contributed by atoms with Gasteiger partial charge < -0.3 is 10.6 Å². The molecule has 0 unspecified atom stereocenters. The molecule has 1 aromatic heterocycles. The lowest BCUT2D eigenvalue weighted by Gasteiger charge is -2.08. The van der Waals surface area contributed by atoms with Crippen molar-refractivity contribution in [3.63, 3.8) is 0 Å². The summed E-state index contributed by atoms with van der Waals surface area (Å²) in [5, 5.41) is 5.52. The van der Waals surface area contributed by atoms with Gasteiger partial charge in [0.05, 0.1) is 11.0 Å². The summed E-state index contributed by atoms with van der Waals surface area (Å²) in [5.41, 5.74) is 4.16. The monoisotopic (exact) mass is 294 g/mol. The quantitative estimate of drug-likeness (QED) is 0.777. The van der Waals surface area contributed by atoms with Crippen LogP contribution in [0.3, 0.4) is 0 Å². The molecule has 112 valence electrons. The summed E-state index contributed by atoms with van der Waals surface area (Å²) < 4.78 is 2.05. The van der Waals surface area contributed by atoms with Gasteiger partial charge in [0.15, 0.2) is 0 Å². The lowest BCUT2D eigenvalue weighted by atomic mass is 10.2. The molecular weight excluding hydrogens is 276 g/mol. The number of urea groups is 1. The second-order valence-corrected chi connectivity index (χ2v) is 4.98. The highest BCUT2D eigenvalue weighted by molar-refractivity contribution is 5.77. The van der Waals surface area contributed by atoms with Crippen molar-refractivity contribution in [2.75, 3.05) is 6.54 Å². The van der Waals surface area contributed by atoms with Crippen LogP contribution in [0.5, 0.6) is 0 Å². The van der Waals surface area contributed by atoms with Crippen LogP contribution in [-0.2, 0) is 6.54 Å². The highest BCUT2D eigenvalue weighted by Gasteiger charge is 2.04. The van der Waals surface area contributed by atoms with Gasteiger partial charge in [0.1, 0.15) is 6.33 Å². The van der Waals surface area contributed by atoms with E-state index in [-0.39, 0.29) is 6.03 Å². The first kappa shape index (κ1) is 14.1. The Hall–Kier alpha value is -2.82. The molecule has 0 aliphatic carbocycles. The number of carbonyl (C=O) groups excluding carboxylic acids is 1. The number of hydrogen-bond donors (Lipinski definition) is 2. The van der Waals surface area contributed by atoms with Crippen molar-refractivity contribution in [2.45, 2.75) is 13.5 Å². The molecule has 0 aliphatic heterocycles. The van der Waals surface area contributed by atoms with E-state index in [1.807, 2.05) is 61.8 Å². The Balaban J connectivity index is 1.75. The zero-order chi connectivity index (χ0) is 15.4. The van der Waals surface area contributed by atoms with Gasteiger partial charge in [-0.05, 0) is 36.8 Å². The topological polar surface area (TPSA) is 59.0 Å². The largest absolute Gasteiger partial charge is 0.338 e. The summed E-state index contributed by atoms with van der Waals surface area (Å²) in [6, 6.07) is 16.0. The SMILES string of the molecule is CCNC(=O)NCc1ccc(-n2cnc3ccccc32)cc1. The lowest BCUT2D eigenvalue weighted by Crippen LogP contribution is -2.34. The average molecular weight is 294 g/mol. The minimum atomic E-state index is -0.146. The number of nitrogens with one attached hydrogen (secondary N) is 2. The van der Waals surface area contributed by atoms with Gasteiger partial charge in [-0.1, -0.05) is 24.3 Å². The molecule has 0 saturated heterocycles. The Kier molecular flexibility index (Phi) is 4.05. The summed E-state index contributed by atoms with van der Waals surface area (Å²) in [5.74, 6) is 0. The number of fused-ring (bicyclic) bond motifs is 1. The van der Waals surface area contributed by atoms with Gasteiger partial charge in [-0.2, -0.15) is 0 Å². The first-order valence-corrected chi connectivity index (χ1v) is 7.31. The number of aromatic nitrogens is 2. The van der Waals surface area contributed by atoms with Crippen LogP contribution in [0.15, 0.2) is 54.9 Å². The van der Waals surface area contributed by atoms with Crippen molar-refractivity contribution in [3.05, 3.63) is 60.4 Å². The number of imidazole rings is 1. The molecule has 5 heteroatoms. The van der Waals surface area contributed by atoms with Crippen molar-refractivity contribution in [1.82, 2.24) is 20.2 Å². The molecule has 2 aromatic carbocycles. The number of carbonyl (C=O) groups is 1. The third-order valence-electron chi connectivity index (χ3n) is 3.46. The van der Waals surface area contributed by atoms with Gasteiger partial charge >= 0.3 is 6.03 Å². The second-order valence-electron chi connectivity index (χ2n) is 4.98. The minimum Gasteiger partial charge on any atom is -0.338 e. The third kappa shape index (κ3) is 2.93. The number of hydrogen-bond acceptors (Lipinski definition) is 2. The maximum atomic E-state index is 11.4. The van der Waals surface area contributed by atoms with Gasteiger partial charge in [-0.3, -0.25) is 4.57 Å². The summed E-state index contributed by atoms with van der Waals surface area (Å²) in [6.07, 6.45) is 1.83. The molecule has 22 heavy (non-hydrogen) atoms. The number of rotatable bonds is 4. The molecule has 0 spiro atoms. The first-order chi connectivity index (χ1) is 10.8. The fraction of sp³-hybridized carbons (Fsp3) is 0.176. The van der Waals surface area contributed by atoms with Crippen LogP contribution in [0.1, 0.15) is 12.5 Å². The van der Waals surface area contributed by atoms with E-state index in [1.54, 1.807) is 0 Å². The molecule has 3 aromatic rings. The minimum absolute atomic E-state index is 0.146. The first-order valence-electron chi connectivity index (χ1n) is 7.31. The fourth-order valence-corrected chi connectivity index (χ4v) is 2.34. The Morgan fingerprint density at radius 3 is 2.64 bits per heavy atom. The van der Waals surface area contributed by atoms with Crippen LogP contribution in [-0.4, -0.2) is 22.1 Å². The normalized spacial score (nSPS) is 10.6. The van der Waals surface area contributed by atoms with Crippen molar-refractivity contribution >= 4 is 17.1 Å². The molecule has 5 nitrogen and oxygen atoms in total. The molecule has 0 bridgehead atoms. The highest BCUT2D eigenvalue weighted by Crippen LogP contribution is 2.18. The number of nitrogens with zero attached hydrogens (tertiary/aromatic N) is 2. The van der Waals surface area contributed by atoms with Crippen LogP contribution in [0.25, 0.3) is 16.7 Å². The van der Waals surface area contributed by atoms with Crippen molar-refractivity contribution < 1.29 is 4.79 Å². The molecule has 0 aliphatic rings. The third-order valence-corrected chi connectivity index (χ3v) is 3.46. The average Bonchev–Trinajstić information content (AvgIpc) is 2.98. The molecular formula is C17H18N4O. The van der Waals surface area contributed by atoms with Gasteiger partial charge in [0.25, 0.3) is 0 Å². The summed E-state index contributed by atoms with van der Waals surface area (Å²) >= 11 is 0. The molecule has 0 fully saturated rings. The van der Waals surface area contributed by atoms with Crippen molar-refractivity contribution in [1.29, 1.82) is 0 Å². The number of amides is 2. The van der Waals surface area contributed by atoms with Gasteiger partial charge in [-0.15, -0.1) is 0 Å². The summed E-state index contributed by atoms with van der Waals surface area (Å²) in [7, 11) is 0. The van der Waals surface area contributed by atoms with Crippen LogP contribution < -0.4 is 10.6 Å². The Bertz CT molecular complexity index is 777.